The van der Waals surface area contributed by atoms with Crippen molar-refractivity contribution in [3.05, 3.63) is 54.1 Å². The lowest BCUT2D eigenvalue weighted by Gasteiger charge is -2.07. The third kappa shape index (κ3) is 3.08. The van der Waals surface area contributed by atoms with Crippen molar-refractivity contribution in [1.29, 1.82) is 0 Å². The molecule has 0 atom stereocenters. The van der Waals surface area contributed by atoms with E-state index in [1.165, 1.54) is 18.5 Å². The van der Waals surface area contributed by atoms with E-state index >= 15 is 0 Å². The van der Waals surface area contributed by atoms with Gasteiger partial charge in [-0.25, -0.2) is 9.97 Å². The quantitative estimate of drug-likeness (QED) is 0.427. The van der Waals surface area contributed by atoms with Gasteiger partial charge in [0, 0.05) is 30.1 Å². The smallest absolute Gasteiger partial charge is 0.224 e. The van der Waals surface area contributed by atoms with E-state index in [1.54, 1.807) is 6.20 Å². The molecule has 1 fully saturated rings. The molecule has 0 saturated heterocycles. The number of rotatable bonds is 6. The number of fused-ring (bicyclic) bond motifs is 1. The van der Waals surface area contributed by atoms with Gasteiger partial charge < -0.3 is 15.6 Å². The second-order valence-corrected chi connectivity index (χ2v) is 6.44. The maximum atomic E-state index is 4.59. The van der Waals surface area contributed by atoms with Crippen LogP contribution in [0.5, 0.6) is 0 Å². The van der Waals surface area contributed by atoms with Crippen molar-refractivity contribution in [3.8, 4) is 0 Å². The van der Waals surface area contributed by atoms with Crippen molar-refractivity contribution in [1.82, 2.24) is 30.1 Å². The molecule has 8 heteroatoms. The molecule has 1 aliphatic rings. The fourth-order valence-corrected chi connectivity index (χ4v) is 2.89. The first-order chi connectivity index (χ1) is 12.8. The van der Waals surface area contributed by atoms with Gasteiger partial charge in [0.1, 0.15) is 5.82 Å². The third-order valence-electron chi connectivity index (χ3n) is 4.42. The van der Waals surface area contributed by atoms with E-state index < -0.39 is 0 Å². The first kappa shape index (κ1) is 14.9. The lowest BCUT2D eigenvalue weighted by molar-refractivity contribution is 0.966. The topological polar surface area (TPSA) is 107 Å². The summed E-state index contributed by atoms with van der Waals surface area (Å²) in [4.78, 5) is 16.5. The summed E-state index contributed by atoms with van der Waals surface area (Å²) < 4.78 is 0. The number of anilines is 3. The van der Waals surface area contributed by atoms with Crippen LogP contribution in [0.2, 0.25) is 0 Å². The van der Waals surface area contributed by atoms with Gasteiger partial charge >= 0.3 is 0 Å². The van der Waals surface area contributed by atoms with Crippen LogP contribution in [-0.2, 0) is 6.54 Å². The zero-order valence-electron chi connectivity index (χ0n) is 14.0. The third-order valence-corrected chi connectivity index (χ3v) is 4.42. The summed E-state index contributed by atoms with van der Waals surface area (Å²) in [5.41, 5.74) is 4.10. The molecule has 1 aliphatic carbocycles. The molecule has 130 valence electrons. The number of aromatic amines is 2. The molecule has 0 unspecified atom stereocenters. The Bertz CT molecular complexity index is 1050. The molecule has 5 rings (SSSR count). The molecule has 8 nitrogen and oxygen atoms in total. The number of aromatic nitrogens is 6. The van der Waals surface area contributed by atoms with Gasteiger partial charge in [-0.1, -0.05) is 0 Å². The monoisotopic (exact) mass is 346 g/mol. The van der Waals surface area contributed by atoms with E-state index in [2.05, 4.69) is 40.8 Å². The molecule has 0 radical (unpaired) electrons. The standard InChI is InChI=1S/C18H18N8/c1-2-11(1)15-9-17(26-25-15)23-16-6-8-20-18(24-16)21-10-12-3-4-13-14(22-12)5-7-19-13/h3-9,11,19H,1-2,10H2,(H3,20,21,23,24,25,26). The van der Waals surface area contributed by atoms with Gasteiger partial charge in [-0.05, 0) is 37.1 Å². The van der Waals surface area contributed by atoms with E-state index in [0.29, 0.717) is 24.2 Å². The fraction of sp³-hybridized carbons (Fsp3) is 0.222. The minimum atomic E-state index is 0.545. The number of nitrogens with one attached hydrogen (secondary N) is 4. The van der Waals surface area contributed by atoms with E-state index in [4.69, 9.17) is 0 Å². The van der Waals surface area contributed by atoms with Gasteiger partial charge in [0.15, 0.2) is 5.82 Å². The predicted octanol–water partition coefficient (Wildman–Crippen LogP) is 3.31. The minimum absolute atomic E-state index is 0.545. The van der Waals surface area contributed by atoms with Gasteiger partial charge in [-0.2, -0.15) is 10.1 Å². The summed E-state index contributed by atoms with van der Waals surface area (Å²) >= 11 is 0. The predicted molar refractivity (Wildman–Crippen MR) is 99.3 cm³/mol. The average molecular weight is 346 g/mol. The second kappa shape index (κ2) is 6.14. The maximum Gasteiger partial charge on any atom is 0.224 e. The van der Waals surface area contributed by atoms with Crippen LogP contribution >= 0.6 is 0 Å². The highest BCUT2D eigenvalue weighted by atomic mass is 15.2. The summed E-state index contributed by atoms with van der Waals surface area (Å²) in [6.07, 6.45) is 6.09. The van der Waals surface area contributed by atoms with Crippen molar-refractivity contribution in [2.75, 3.05) is 10.6 Å². The summed E-state index contributed by atoms with van der Waals surface area (Å²) in [5, 5.41) is 13.8. The van der Waals surface area contributed by atoms with E-state index in [-0.39, 0.29) is 0 Å². The zero-order chi connectivity index (χ0) is 17.3. The summed E-state index contributed by atoms with van der Waals surface area (Å²) in [6.45, 7) is 0.554. The first-order valence-corrected chi connectivity index (χ1v) is 8.66. The average Bonchev–Trinajstić information content (AvgIpc) is 3.23. The molecular formula is C18H18N8. The Morgan fingerprint density at radius 1 is 1.08 bits per heavy atom. The Balaban J connectivity index is 1.26. The van der Waals surface area contributed by atoms with Crippen molar-refractivity contribution >= 4 is 28.6 Å². The van der Waals surface area contributed by atoms with Crippen LogP contribution in [0.25, 0.3) is 11.0 Å². The lowest BCUT2D eigenvalue weighted by atomic mass is 10.3. The van der Waals surface area contributed by atoms with Crippen LogP contribution < -0.4 is 10.6 Å². The number of hydrogen-bond donors (Lipinski definition) is 4. The summed E-state index contributed by atoms with van der Waals surface area (Å²) in [5.74, 6) is 2.66. The van der Waals surface area contributed by atoms with Gasteiger partial charge in [-0.3, -0.25) is 5.10 Å². The largest absolute Gasteiger partial charge is 0.360 e. The van der Waals surface area contributed by atoms with Crippen LogP contribution in [0.4, 0.5) is 17.6 Å². The van der Waals surface area contributed by atoms with Crippen LogP contribution in [0.15, 0.2) is 42.7 Å². The summed E-state index contributed by atoms with van der Waals surface area (Å²) in [7, 11) is 0. The zero-order valence-corrected chi connectivity index (χ0v) is 14.0. The van der Waals surface area contributed by atoms with Gasteiger partial charge in [0.05, 0.1) is 23.3 Å². The molecule has 4 heterocycles. The van der Waals surface area contributed by atoms with Crippen molar-refractivity contribution < 1.29 is 0 Å². The molecule has 4 N–H and O–H groups in total. The molecule has 4 aromatic heterocycles. The highest BCUT2D eigenvalue weighted by Crippen LogP contribution is 2.39. The first-order valence-electron chi connectivity index (χ1n) is 8.66. The number of H-pyrrole nitrogens is 2. The van der Waals surface area contributed by atoms with Crippen molar-refractivity contribution in [2.45, 2.75) is 25.3 Å². The number of pyridine rings is 1. The fourth-order valence-electron chi connectivity index (χ4n) is 2.89. The minimum Gasteiger partial charge on any atom is -0.360 e. The Morgan fingerprint density at radius 2 is 2.04 bits per heavy atom. The molecule has 26 heavy (non-hydrogen) atoms. The second-order valence-electron chi connectivity index (χ2n) is 6.44. The van der Waals surface area contributed by atoms with Crippen LogP contribution in [0, 0.1) is 0 Å². The molecule has 0 spiro atoms. The summed E-state index contributed by atoms with van der Waals surface area (Å²) in [6, 6.07) is 9.83. The lowest BCUT2D eigenvalue weighted by Crippen LogP contribution is -2.06. The Hall–Kier alpha value is -3.42. The van der Waals surface area contributed by atoms with E-state index in [1.807, 2.05) is 36.5 Å². The van der Waals surface area contributed by atoms with Gasteiger partial charge in [0.2, 0.25) is 5.95 Å². The Morgan fingerprint density at radius 3 is 2.96 bits per heavy atom. The highest BCUT2D eigenvalue weighted by molar-refractivity contribution is 5.74. The Kier molecular flexibility index (Phi) is 3.52. The molecule has 0 aliphatic heterocycles. The highest BCUT2D eigenvalue weighted by Gasteiger charge is 2.25. The normalized spacial score (nSPS) is 13.8. The Labute approximate surface area is 149 Å². The van der Waals surface area contributed by atoms with Crippen LogP contribution in [0.1, 0.15) is 30.1 Å². The molecular weight excluding hydrogens is 328 g/mol. The van der Waals surface area contributed by atoms with Gasteiger partial charge in [-0.15, -0.1) is 0 Å². The molecule has 0 amide bonds. The van der Waals surface area contributed by atoms with E-state index in [0.717, 1.165) is 22.5 Å². The number of hydrogen-bond acceptors (Lipinski definition) is 6. The van der Waals surface area contributed by atoms with Crippen LogP contribution in [0.3, 0.4) is 0 Å². The molecule has 4 aromatic rings. The molecule has 0 bridgehead atoms. The SMILES string of the molecule is c1cc(Nc2cc(C3CC3)[nH]n2)nc(NCc2ccc3[nH]ccc3n2)n1. The number of nitrogens with zero attached hydrogens (tertiary/aromatic N) is 4. The van der Waals surface area contributed by atoms with Crippen molar-refractivity contribution in [2.24, 2.45) is 0 Å². The van der Waals surface area contributed by atoms with Gasteiger partial charge in [0.25, 0.3) is 0 Å². The molecule has 0 aromatic carbocycles. The van der Waals surface area contributed by atoms with Crippen LogP contribution in [-0.4, -0.2) is 30.1 Å². The maximum absolute atomic E-state index is 4.59. The molecule has 1 saturated carbocycles. The van der Waals surface area contributed by atoms with E-state index in [9.17, 15) is 0 Å². The van der Waals surface area contributed by atoms with Crippen molar-refractivity contribution in [3.63, 3.8) is 0 Å².